The summed E-state index contributed by atoms with van der Waals surface area (Å²) >= 11 is 12.1. The van der Waals surface area contributed by atoms with Gasteiger partial charge in [0.2, 0.25) is 7.70 Å². The number of hydrogen-bond acceptors (Lipinski definition) is 2. The van der Waals surface area contributed by atoms with Gasteiger partial charge in [-0.05, 0) is 24.6 Å². The molecule has 6 heteroatoms. The average Bonchev–Trinajstić information content (AvgIpc) is 2.37. The molecule has 104 valence electrons. The number of carbonyl (C=O) groups is 1. The molecule has 0 bridgehead atoms. The monoisotopic (exact) mass is 320 g/mol. The van der Waals surface area contributed by atoms with Gasteiger partial charge in [-0.15, -0.1) is 0 Å². The molecule has 1 amide bonds. The minimum absolute atomic E-state index is 0.0189. The van der Waals surface area contributed by atoms with Crippen molar-refractivity contribution in [1.82, 2.24) is 4.67 Å². The molecule has 0 aromatic heterocycles. The van der Waals surface area contributed by atoms with E-state index in [1.54, 1.807) is 23.9 Å². The van der Waals surface area contributed by atoms with Gasteiger partial charge in [0.05, 0.1) is 31.4 Å². The van der Waals surface area contributed by atoms with Crippen LogP contribution >= 0.6 is 30.9 Å². The highest BCUT2D eigenvalue weighted by Crippen LogP contribution is 2.32. The van der Waals surface area contributed by atoms with E-state index in [0.717, 1.165) is 5.56 Å². The van der Waals surface area contributed by atoms with Crippen molar-refractivity contribution >= 4 is 43.1 Å². The number of halogens is 2. The van der Waals surface area contributed by atoms with E-state index in [-0.39, 0.29) is 12.5 Å². The van der Waals surface area contributed by atoms with Gasteiger partial charge in [-0.1, -0.05) is 23.2 Å². The molecular weight excluding hydrogens is 304 g/mol. The molecule has 1 aromatic carbocycles. The van der Waals surface area contributed by atoms with E-state index in [1.807, 2.05) is 13.6 Å². The lowest BCUT2D eigenvalue weighted by atomic mass is 10.2. The lowest BCUT2D eigenvalue weighted by Gasteiger charge is -2.11. The Balaban J connectivity index is 2.57. The van der Waals surface area contributed by atoms with Crippen LogP contribution in [-0.2, 0) is 4.79 Å². The molecule has 0 spiro atoms. The van der Waals surface area contributed by atoms with Gasteiger partial charge < -0.3 is 4.74 Å². The molecule has 0 aliphatic heterocycles. The first kappa shape index (κ1) is 16.3. The Morgan fingerprint density at radius 3 is 2.68 bits per heavy atom. The zero-order chi connectivity index (χ0) is 14.6. The molecule has 0 heterocycles. The van der Waals surface area contributed by atoms with Crippen molar-refractivity contribution in [2.75, 3.05) is 20.3 Å². The summed E-state index contributed by atoms with van der Waals surface area (Å²) in [7, 11) is 1.10. The second-order valence-corrected chi connectivity index (χ2v) is 6.86. The number of rotatable bonds is 5. The minimum atomic E-state index is -0.653. The highest BCUT2D eigenvalue weighted by molar-refractivity contribution is 7.53. The number of nitrogens with zero attached hydrogens (tertiary/aromatic N) is 1. The fourth-order valence-corrected chi connectivity index (χ4v) is 2.25. The van der Waals surface area contributed by atoms with Crippen molar-refractivity contribution in [3.8, 4) is 5.75 Å². The Kier molecular flexibility index (Phi) is 6.12. The second-order valence-electron chi connectivity index (χ2n) is 4.16. The molecule has 0 aliphatic rings. The quantitative estimate of drug-likeness (QED) is 0.768. The lowest BCUT2D eigenvalue weighted by molar-refractivity contribution is -0.125. The molecule has 1 unspecified atom stereocenters. The average molecular weight is 321 g/mol. The number of amides is 1. The van der Waals surface area contributed by atoms with Crippen molar-refractivity contribution in [1.29, 1.82) is 0 Å². The normalized spacial score (nSPS) is 11.1. The zero-order valence-electron chi connectivity index (χ0n) is 11.2. The van der Waals surface area contributed by atoms with E-state index in [2.05, 4.69) is 6.30 Å². The van der Waals surface area contributed by atoms with Crippen molar-refractivity contribution in [3.63, 3.8) is 0 Å². The summed E-state index contributed by atoms with van der Waals surface area (Å²) in [4.78, 5) is 11.7. The Hall–Kier alpha value is -0.760. The third kappa shape index (κ3) is 4.38. The third-order valence-electron chi connectivity index (χ3n) is 2.73. The predicted molar refractivity (Wildman–Crippen MR) is 84.0 cm³/mol. The van der Waals surface area contributed by atoms with Gasteiger partial charge >= 0.3 is 0 Å². The maximum absolute atomic E-state index is 11.7. The largest absolute Gasteiger partial charge is 0.491 e. The van der Waals surface area contributed by atoms with Crippen LogP contribution in [0.4, 0.5) is 0 Å². The van der Waals surface area contributed by atoms with E-state index >= 15 is 0 Å². The van der Waals surface area contributed by atoms with Crippen LogP contribution in [0.15, 0.2) is 12.1 Å². The standard InChI is InChI=1S/C13H17Cl2NO2P/c1-9-10(14)5-6-11(13(9)15)18-8-7-12(17)16(2)19(3)4/h5-6H,3,7-8H2,1-2,4H3/q+1. The SMILES string of the molecule is C=[P+](C)N(C)C(=O)CCOc1ccc(Cl)c(C)c1Cl. The molecule has 0 fully saturated rings. The van der Waals surface area contributed by atoms with Gasteiger partial charge in [0.15, 0.2) is 0 Å². The predicted octanol–water partition coefficient (Wildman–Crippen LogP) is 3.99. The van der Waals surface area contributed by atoms with Crippen LogP contribution in [0.25, 0.3) is 0 Å². The number of ether oxygens (including phenoxy) is 1. The fraction of sp³-hybridized carbons (Fsp3) is 0.385. The number of benzene rings is 1. The maximum Gasteiger partial charge on any atom is 0.262 e. The van der Waals surface area contributed by atoms with E-state index in [0.29, 0.717) is 22.2 Å². The first-order valence-electron chi connectivity index (χ1n) is 5.72. The summed E-state index contributed by atoms with van der Waals surface area (Å²) in [6, 6.07) is 3.44. The smallest absolute Gasteiger partial charge is 0.262 e. The fourth-order valence-electron chi connectivity index (χ4n) is 1.35. The molecule has 3 nitrogen and oxygen atoms in total. The first-order chi connectivity index (χ1) is 8.84. The number of hydrogen-bond donors (Lipinski definition) is 0. The van der Waals surface area contributed by atoms with Crippen LogP contribution in [0.1, 0.15) is 12.0 Å². The molecule has 1 atom stereocenters. The van der Waals surface area contributed by atoms with Gasteiger partial charge in [-0.3, -0.25) is 4.79 Å². The van der Waals surface area contributed by atoms with Crippen molar-refractivity contribution in [3.05, 3.63) is 27.7 Å². The van der Waals surface area contributed by atoms with Crippen LogP contribution in [0, 0.1) is 6.92 Å². The van der Waals surface area contributed by atoms with Gasteiger partial charge in [-0.25, -0.2) is 0 Å². The summed E-state index contributed by atoms with van der Waals surface area (Å²) in [6.45, 7) is 4.03. The van der Waals surface area contributed by atoms with Crippen LogP contribution in [0.3, 0.4) is 0 Å². The van der Waals surface area contributed by atoms with E-state index in [1.165, 1.54) is 0 Å². The summed E-state index contributed by atoms with van der Waals surface area (Å²) < 4.78 is 7.17. The van der Waals surface area contributed by atoms with Gasteiger partial charge in [0.25, 0.3) is 5.91 Å². The Bertz CT molecular complexity index is 506. The molecule has 1 rings (SSSR count). The molecular formula is C13H17Cl2NO2P+. The second kappa shape index (κ2) is 7.14. The third-order valence-corrected chi connectivity index (χ3v) is 4.86. The molecule has 0 saturated heterocycles. The molecule has 0 radical (unpaired) electrons. The number of carbonyl (C=O) groups excluding carboxylic acids is 1. The van der Waals surface area contributed by atoms with E-state index in [9.17, 15) is 4.79 Å². The summed E-state index contributed by atoms with van der Waals surface area (Å²) in [6.07, 6.45) is 4.16. The topological polar surface area (TPSA) is 29.5 Å². The lowest BCUT2D eigenvalue weighted by Crippen LogP contribution is -2.21. The molecule has 0 N–H and O–H groups in total. The molecule has 19 heavy (non-hydrogen) atoms. The Morgan fingerprint density at radius 2 is 2.11 bits per heavy atom. The first-order valence-corrected chi connectivity index (χ1v) is 8.41. The zero-order valence-corrected chi connectivity index (χ0v) is 13.6. The summed E-state index contributed by atoms with van der Waals surface area (Å²) in [5, 5.41) is 1.09. The minimum Gasteiger partial charge on any atom is -0.491 e. The van der Waals surface area contributed by atoms with Crippen LogP contribution < -0.4 is 4.74 Å². The van der Waals surface area contributed by atoms with Crippen LogP contribution in [-0.4, -0.2) is 37.2 Å². The van der Waals surface area contributed by atoms with E-state index < -0.39 is 7.70 Å². The van der Waals surface area contributed by atoms with E-state index in [4.69, 9.17) is 27.9 Å². The highest BCUT2D eigenvalue weighted by Gasteiger charge is 2.17. The Labute approximate surface area is 124 Å². The summed E-state index contributed by atoms with van der Waals surface area (Å²) in [5.41, 5.74) is 0.777. The van der Waals surface area contributed by atoms with Gasteiger partial charge in [0.1, 0.15) is 12.4 Å². The van der Waals surface area contributed by atoms with Crippen molar-refractivity contribution in [2.24, 2.45) is 0 Å². The molecule has 0 aliphatic carbocycles. The summed E-state index contributed by atoms with van der Waals surface area (Å²) in [5.74, 6) is 0.567. The van der Waals surface area contributed by atoms with Crippen molar-refractivity contribution in [2.45, 2.75) is 13.3 Å². The molecule has 0 saturated carbocycles. The highest BCUT2D eigenvalue weighted by atomic mass is 35.5. The maximum atomic E-state index is 11.7. The molecule has 1 aromatic rings. The Morgan fingerprint density at radius 1 is 1.47 bits per heavy atom. The van der Waals surface area contributed by atoms with Crippen LogP contribution in [0.5, 0.6) is 5.75 Å². The van der Waals surface area contributed by atoms with Crippen LogP contribution in [0.2, 0.25) is 10.0 Å². The van der Waals surface area contributed by atoms with Gasteiger partial charge in [0, 0.05) is 5.02 Å². The van der Waals surface area contributed by atoms with Crippen molar-refractivity contribution < 1.29 is 9.53 Å². The van der Waals surface area contributed by atoms with Gasteiger partial charge in [-0.2, -0.15) is 4.67 Å².